The lowest BCUT2D eigenvalue weighted by Gasteiger charge is -2.40. The van der Waals surface area contributed by atoms with E-state index in [-0.39, 0.29) is 34.4 Å². The molecule has 5 amide bonds. The van der Waals surface area contributed by atoms with E-state index in [9.17, 15) is 24.0 Å². The molecule has 6 heterocycles. The summed E-state index contributed by atoms with van der Waals surface area (Å²) in [5, 5.41) is 2.76. The molecule has 1 N–H and O–H groups in total. The third-order valence-electron chi connectivity index (χ3n) is 14.1. The van der Waals surface area contributed by atoms with E-state index in [0.29, 0.717) is 47.7 Å². The summed E-state index contributed by atoms with van der Waals surface area (Å²) < 4.78 is 0.181. The van der Waals surface area contributed by atoms with Crippen molar-refractivity contribution in [2.75, 3.05) is 56.1 Å². The molecular formula is C45H49ClN7O5+. The quantitative estimate of drug-likeness (QED) is 0.182. The van der Waals surface area contributed by atoms with Gasteiger partial charge in [-0.3, -0.25) is 38.8 Å². The number of carbonyl (C=O) groups is 5. The van der Waals surface area contributed by atoms with Crippen LogP contribution in [0, 0.1) is 12.0 Å². The zero-order valence-electron chi connectivity index (χ0n) is 33.1. The second kappa shape index (κ2) is 14.6. The van der Waals surface area contributed by atoms with Crippen molar-refractivity contribution >= 4 is 58.2 Å². The van der Waals surface area contributed by atoms with E-state index < -0.39 is 29.7 Å². The van der Waals surface area contributed by atoms with Gasteiger partial charge in [0.05, 0.1) is 24.7 Å². The number of imide groups is 2. The van der Waals surface area contributed by atoms with Gasteiger partial charge in [-0.1, -0.05) is 29.8 Å². The van der Waals surface area contributed by atoms with E-state index in [1.54, 1.807) is 12.1 Å². The van der Waals surface area contributed by atoms with Gasteiger partial charge >= 0.3 is 5.91 Å². The first kappa shape index (κ1) is 38.4. The maximum Gasteiger partial charge on any atom is 0.328 e. The molecule has 0 radical (unpaired) electrons. The first-order chi connectivity index (χ1) is 27.8. The molecule has 0 aliphatic carbocycles. The zero-order chi connectivity index (χ0) is 40.5. The second-order valence-electron chi connectivity index (χ2n) is 17.8. The predicted octanol–water partition coefficient (Wildman–Crippen LogP) is 6.04. The highest BCUT2D eigenvalue weighted by Gasteiger charge is 2.48. The Morgan fingerprint density at radius 1 is 0.897 bits per heavy atom. The predicted molar refractivity (Wildman–Crippen MR) is 220 cm³/mol. The van der Waals surface area contributed by atoms with E-state index in [2.05, 4.69) is 56.1 Å². The third kappa shape index (κ3) is 6.77. The topological polar surface area (TPSA) is 115 Å². The van der Waals surface area contributed by atoms with E-state index in [1.807, 2.05) is 25.2 Å². The van der Waals surface area contributed by atoms with Crippen molar-refractivity contribution in [3.8, 4) is 0 Å². The number of nitrogens with one attached hydrogen (secondary N) is 1. The first-order valence-corrected chi connectivity index (χ1v) is 21.0. The monoisotopic (exact) mass is 802 g/mol. The molecule has 3 aromatic carbocycles. The number of nitrogens with zero attached hydrogens (tertiary/aromatic N) is 6. The molecule has 2 atom stereocenters. The number of likely N-dealkylation sites (tertiary alicyclic amines) is 1. The normalized spacial score (nSPS) is 24.3. The van der Waals surface area contributed by atoms with Crippen LogP contribution in [0.2, 0.25) is 5.02 Å². The van der Waals surface area contributed by atoms with E-state index in [1.165, 1.54) is 17.7 Å². The number of amides is 5. The first-order valence-electron chi connectivity index (χ1n) is 20.6. The number of anilines is 2. The summed E-state index contributed by atoms with van der Waals surface area (Å²) in [5.74, 6) is -1.52. The third-order valence-corrected chi connectivity index (χ3v) is 14.4. The molecule has 4 fully saturated rings. The van der Waals surface area contributed by atoms with Gasteiger partial charge in [-0.25, -0.2) is 9.64 Å². The van der Waals surface area contributed by atoms with Crippen LogP contribution in [0.4, 0.5) is 17.1 Å². The van der Waals surface area contributed by atoms with Crippen LogP contribution >= 0.6 is 11.6 Å². The average molecular weight is 803 g/mol. The van der Waals surface area contributed by atoms with Crippen LogP contribution < -0.4 is 15.1 Å². The van der Waals surface area contributed by atoms with Crippen LogP contribution in [0.1, 0.15) is 95.2 Å². The van der Waals surface area contributed by atoms with Gasteiger partial charge in [0.1, 0.15) is 25.7 Å². The van der Waals surface area contributed by atoms with Crippen molar-refractivity contribution in [3.63, 3.8) is 0 Å². The van der Waals surface area contributed by atoms with Crippen LogP contribution in [0.5, 0.6) is 0 Å². The lowest BCUT2D eigenvalue weighted by Crippen LogP contribution is -2.54. The number of halogens is 1. The SMILES string of the molecule is [C-]#[N+]c1ccc(N2CC3(CCN(c4ccc(C5CCN(CC(=O)[N+]6(C)Cc7cc8c(cc7C6)C(=O)N(C6CCC(=O)NC6=O)C8=O)CC5)cc4)CC3)C[C@@H]2C)cc1Cl. The molecule has 6 aliphatic heterocycles. The number of fused-ring (bicyclic) bond motifs is 2. The molecule has 0 saturated carbocycles. The minimum atomic E-state index is -1.00. The maximum absolute atomic E-state index is 13.9. The fraction of sp³-hybridized carbons (Fsp3) is 0.467. The zero-order valence-corrected chi connectivity index (χ0v) is 33.9. The Labute approximate surface area is 344 Å². The average Bonchev–Trinajstić information content (AvgIpc) is 3.81. The summed E-state index contributed by atoms with van der Waals surface area (Å²) in [4.78, 5) is 76.5. The number of hydrogen-bond donors (Lipinski definition) is 1. The van der Waals surface area contributed by atoms with Crippen molar-refractivity contribution in [2.45, 2.75) is 83.0 Å². The molecule has 58 heavy (non-hydrogen) atoms. The molecule has 4 saturated heterocycles. The molecule has 12 nitrogen and oxygen atoms in total. The number of rotatable bonds is 6. The van der Waals surface area contributed by atoms with Gasteiger partial charge in [0.2, 0.25) is 17.5 Å². The van der Waals surface area contributed by atoms with Gasteiger partial charge in [0, 0.05) is 59.6 Å². The molecule has 1 unspecified atom stereocenters. The number of carbonyl (C=O) groups excluding carboxylic acids is 5. The Bertz CT molecular complexity index is 2230. The summed E-state index contributed by atoms with van der Waals surface area (Å²) in [7, 11) is 1.93. The molecular weight excluding hydrogens is 754 g/mol. The smallest absolute Gasteiger partial charge is 0.328 e. The van der Waals surface area contributed by atoms with Crippen LogP contribution in [0.15, 0.2) is 54.6 Å². The molecule has 1 spiro atoms. The lowest BCUT2D eigenvalue weighted by molar-refractivity contribution is -0.854. The largest absolute Gasteiger partial charge is 0.371 e. The Balaban J connectivity index is 0.757. The lowest BCUT2D eigenvalue weighted by atomic mass is 9.76. The Morgan fingerprint density at radius 2 is 1.53 bits per heavy atom. The highest BCUT2D eigenvalue weighted by atomic mass is 35.5. The molecule has 13 heteroatoms. The van der Waals surface area contributed by atoms with Crippen LogP contribution in [-0.2, 0) is 27.5 Å². The standard InChI is InChI=1S/C45H48ClN7O5/c1-28-23-45(27-51(28)34-8-9-38(47-2)37(46)22-34)14-18-50(19-15-45)33-6-4-29(5-7-33)30-12-16-49(17-13-30)24-41(55)53(3)25-31-20-35-36(21-32(31)26-53)44(58)52(43(35)57)39-10-11-40(54)48-42(39)56/h4-9,20-22,28,30,39H,10-19,23-27H2,1,3H3/p+1/t28-,39?/m0/s1. The highest BCUT2D eigenvalue weighted by Crippen LogP contribution is 2.46. The molecule has 300 valence electrons. The van der Waals surface area contributed by atoms with Gasteiger partial charge in [0.25, 0.3) is 11.8 Å². The van der Waals surface area contributed by atoms with Crippen LogP contribution in [0.3, 0.4) is 0 Å². The van der Waals surface area contributed by atoms with Crippen molar-refractivity contribution in [1.82, 2.24) is 15.1 Å². The maximum atomic E-state index is 13.9. The summed E-state index contributed by atoms with van der Waals surface area (Å²) in [6.07, 6.45) is 5.63. The van der Waals surface area contributed by atoms with Crippen molar-refractivity contribution in [2.24, 2.45) is 5.41 Å². The number of likely N-dealkylation sites (N-methyl/N-ethyl adjacent to an activating group) is 1. The van der Waals surface area contributed by atoms with E-state index >= 15 is 0 Å². The minimum absolute atomic E-state index is 0.0741. The second-order valence-corrected chi connectivity index (χ2v) is 18.2. The van der Waals surface area contributed by atoms with Crippen LogP contribution in [0.25, 0.3) is 4.85 Å². The number of benzene rings is 3. The molecule has 0 aromatic heterocycles. The number of quaternary nitrogens is 1. The fourth-order valence-corrected chi connectivity index (χ4v) is 10.9. The highest BCUT2D eigenvalue weighted by molar-refractivity contribution is 6.33. The van der Waals surface area contributed by atoms with Gasteiger partial charge in [-0.15, -0.1) is 0 Å². The Kier molecular flexibility index (Phi) is 9.69. The van der Waals surface area contributed by atoms with Gasteiger partial charge in [0.15, 0.2) is 0 Å². The van der Waals surface area contributed by atoms with Gasteiger partial charge < -0.3 is 9.80 Å². The summed E-state index contributed by atoms with van der Waals surface area (Å²) in [6, 6.07) is 17.9. The minimum Gasteiger partial charge on any atom is -0.371 e. The Hall–Kier alpha value is -5.09. The van der Waals surface area contributed by atoms with Crippen molar-refractivity contribution < 1.29 is 28.5 Å². The fourth-order valence-electron chi connectivity index (χ4n) is 10.7. The summed E-state index contributed by atoms with van der Waals surface area (Å²) in [5.41, 5.74) is 6.79. The molecule has 0 bridgehead atoms. The Morgan fingerprint density at radius 3 is 2.14 bits per heavy atom. The summed E-state index contributed by atoms with van der Waals surface area (Å²) in [6.45, 7) is 15.6. The van der Waals surface area contributed by atoms with Gasteiger partial charge in [-0.05, 0) is 112 Å². The van der Waals surface area contributed by atoms with E-state index in [4.69, 9.17) is 18.2 Å². The van der Waals surface area contributed by atoms with Crippen molar-refractivity contribution in [1.29, 1.82) is 0 Å². The summed E-state index contributed by atoms with van der Waals surface area (Å²) >= 11 is 6.40. The van der Waals surface area contributed by atoms with Crippen LogP contribution in [-0.4, -0.2) is 102 Å². The molecule has 6 aliphatic rings. The number of hydrogen-bond acceptors (Lipinski definition) is 8. The molecule has 3 aromatic rings. The molecule has 9 rings (SSSR count). The van der Waals surface area contributed by atoms with E-state index in [0.717, 1.165) is 80.1 Å². The van der Waals surface area contributed by atoms with Gasteiger partial charge in [-0.2, -0.15) is 0 Å². The van der Waals surface area contributed by atoms with Crippen molar-refractivity contribution in [3.05, 3.63) is 98.9 Å². The number of piperidine rings is 3.